The molecule has 2 rings (SSSR count). The van der Waals surface area contributed by atoms with E-state index in [4.69, 9.17) is 0 Å². The highest BCUT2D eigenvalue weighted by Gasteiger charge is 2.19. The van der Waals surface area contributed by atoms with Crippen LogP contribution in [0.4, 0.5) is 0 Å². The standard InChI is InChI=1S/C14H19NO/c1-11-7-6-8-13(12(11)2)14(16)15-9-4-3-5-10-15/h6-8H,3-5,9-10H2,1-2H3. The average molecular weight is 217 g/mol. The zero-order valence-corrected chi connectivity index (χ0v) is 10.1. The third-order valence-electron chi connectivity index (χ3n) is 3.48. The van der Waals surface area contributed by atoms with E-state index in [1.165, 1.54) is 12.0 Å². The zero-order chi connectivity index (χ0) is 11.5. The molecule has 16 heavy (non-hydrogen) atoms. The fraction of sp³-hybridized carbons (Fsp3) is 0.500. The van der Waals surface area contributed by atoms with E-state index in [2.05, 4.69) is 13.0 Å². The Morgan fingerprint density at radius 2 is 1.81 bits per heavy atom. The van der Waals surface area contributed by atoms with Gasteiger partial charge in [0.2, 0.25) is 0 Å². The number of rotatable bonds is 1. The molecule has 1 aliphatic heterocycles. The van der Waals surface area contributed by atoms with Crippen LogP contribution < -0.4 is 0 Å². The van der Waals surface area contributed by atoms with E-state index in [-0.39, 0.29) is 5.91 Å². The highest BCUT2D eigenvalue weighted by atomic mass is 16.2. The molecule has 0 N–H and O–H groups in total. The van der Waals surface area contributed by atoms with Crippen molar-refractivity contribution >= 4 is 5.91 Å². The van der Waals surface area contributed by atoms with Crippen LogP contribution in [-0.4, -0.2) is 23.9 Å². The highest BCUT2D eigenvalue weighted by Crippen LogP contribution is 2.17. The maximum absolute atomic E-state index is 12.3. The van der Waals surface area contributed by atoms with Gasteiger partial charge in [-0.05, 0) is 50.3 Å². The molecule has 0 radical (unpaired) electrons. The topological polar surface area (TPSA) is 20.3 Å². The predicted molar refractivity (Wildman–Crippen MR) is 65.7 cm³/mol. The molecule has 1 fully saturated rings. The number of likely N-dealkylation sites (tertiary alicyclic amines) is 1. The maximum Gasteiger partial charge on any atom is 0.254 e. The molecule has 0 atom stereocenters. The van der Waals surface area contributed by atoms with Gasteiger partial charge in [0.1, 0.15) is 0 Å². The average Bonchev–Trinajstić information content (AvgIpc) is 2.33. The van der Waals surface area contributed by atoms with Gasteiger partial charge in [0.25, 0.3) is 5.91 Å². The molecule has 0 spiro atoms. The Morgan fingerprint density at radius 1 is 1.12 bits per heavy atom. The summed E-state index contributed by atoms with van der Waals surface area (Å²) in [5.41, 5.74) is 3.20. The van der Waals surface area contributed by atoms with Crippen molar-refractivity contribution in [2.45, 2.75) is 33.1 Å². The van der Waals surface area contributed by atoms with E-state index < -0.39 is 0 Å². The van der Waals surface area contributed by atoms with Crippen molar-refractivity contribution in [2.24, 2.45) is 0 Å². The molecule has 1 aromatic rings. The molecule has 1 amide bonds. The van der Waals surface area contributed by atoms with Gasteiger partial charge in [-0.25, -0.2) is 0 Å². The van der Waals surface area contributed by atoms with Crippen LogP contribution in [0, 0.1) is 13.8 Å². The fourth-order valence-electron chi connectivity index (χ4n) is 2.25. The SMILES string of the molecule is Cc1cccc(C(=O)N2CCCCC2)c1C. The van der Waals surface area contributed by atoms with Crippen molar-refractivity contribution < 1.29 is 4.79 Å². The van der Waals surface area contributed by atoms with Crippen LogP contribution in [0.3, 0.4) is 0 Å². The van der Waals surface area contributed by atoms with Gasteiger partial charge >= 0.3 is 0 Å². The first-order valence-corrected chi connectivity index (χ1v) is 6.05. The Morgan fingerprint density at radius 3 is 2.50 bits per heavy atom. The summed E-state index contributed by atoms with van der Waals surface area (Å²) in [5.74, 6) is 0.209. The summed E-state index contributed by atoms with van der Waals surface area (Å²) in [6.07, 6.45) is 3.56. The molecule has 1 aromatic carbocycles. The third-order valence-corrected chi connectivity index (χ3v) is 3.48. The van der Waals surface area contributed by atoms with Crippen LogP contribution in [0.1, 0.15) is 40.7 Å². The number of aryl methyl sites for hydroxylation is 1. The normalized spacial score (nSPS) is 16.2. The molecule has 86 valence electrons. The molecule has 0 aromatic heterocycles. The Bertz CT molecular complexity index is 392. The maximum atomic E-state index is 12.3. The van der Waals surface area contributed by atoms with E-state index >= 15 is 0 Å². The number of benzene rings is 1. The highest BCUT2D eigenvalue weighted by molar-refractivity contribution is 5.96. The lowest BCUT2D eigenvalue weighted by atomic mass is 10.0. The lowest BCUT2D eigenvalue weighted by Gasteiger charge is -2.27. The van der Waals surface area contributed by atoms with Crippen LogP contribution in [0.2, 0.25) is 0 Å². The van der Waals surface area contributed by atoms with Crippen molar-refractivity contribution in [3.63, 3.8) is 0 Å². The summed E-state index contributed by atoms with van der Waals surface area (Å²) in [4.78, 5) is 14.3. The summed E-state index contributed by atoms with van der Waals surface area (Å²) < 4.78 is 0. The molecule has 1 aliphatic rings. The first kappa shape index (κ1) is 11.2. The minimum absolute atomic E-state index is 0.209. The Kier molecular flexibility index (Phi) is 3.28. The minimum atomic E-state index is 0.209. The number of carbonyl (C=O) groups is 1. The molecule has 0 aliphatic carbocycles. The number of piperidine rings is 1. The van der Waals surface area contributed by atoms with E-state index in [9.17, 15) is 4.79 Å². The van der Waals surface area contributed by atoms with Gasteiger partial charge in [-0.15, -0.1) is 0 Å². The van der Waals surface area contributed by atoms with Crippen LogP contribution in [0.5, 0.6) is 0 Å². The van der Waals surface area contributed by atoms with Gasteiger partial charge in [-0.3, -0.25) is 4.79 Å². The van der Waals surface area contributed by atoms with E-state index in [0.29, 0.717) is 0 Å². The molecule has 1 saturated heterocycles. The van der Waals surface area contributed by atoms with Gasteiger partial charge in [-0.2, -0.15) is 0 Å². The van der Waals surface area contributed by atoms with Gasteiger partial charge in [0.05, 0.1) is 0 Å². The van der Waals surface area contributed by atoms with E-state index in [1.807, 2.05) is 24.0 Å². The van der Waals surface area contributed by atoms with E-state index in [1.54, 1.807) is 0 Å². The Labute approximate surface area is 97.3 Å². The fourth-order valence-corrected chi connectivity index (χ4v) is 2.25. The van der Waals surface area contributed by atoms with Gasteiger partial charge in [0, 0.05) is 18.7 Å². The van der Waals surface area contributed by atoms with Crippen LogP contribution in [0.25, 0.3) is 0 Å². The number of hydrogen-bond acceptors (Lipinski definition) is 1. The molecule has 0 bridgehead atoms. The van der Waals surface area contributed by atoms with Crippen molar-refractivity contribution in [3.8, 4) is 0 Å². The third kappa shape index (κ3) is 2.11. The largest absolute Gasteiger partial charge is 0.339 e. The van der Waals surface area contributed by atoms with Gasteiger partial charge < -0.3 is 4.90 Å². The number of carbonyl (C=O) groups excluding carboxylic acids is 1. The second-order valence-corrected chi connectivity index (χ2v) is 4.60. The Balaban J connectivity index is 2.22. The van der Waals surface area contributed by atoms with Crippen LogP contribution >= 0.6 is 0 Å². The molecule has 2 nitrogen and oxygen atoms in total. The first-order chi connectivity index (χ1) is 7.70. The molecule has 0 unspecified atom stereocenters. The van der Waals surface area contributed by atoms with Crippen molar-refractivity contribution in [3.05, 3.63) is 34.9 Å². The lowest BCUT2D eigenvalue weighted by Crippen LogP contribution is -2.36. The Hall–Kier alpha value is -1.31. The van der Waals surface area contributed by atoms with Crippen molar-refractivity contribution in [2.75, 3.05) is 13.1 Å². The monoisotopic (exact) mass is 217 g/mol. The second-order valence-electron chi connectivity index (χ2n) is 4.60. The van der Waals surface area contributed by atoms with Crippen molar-refractivity contribution in [1.82, 2.24) is 4.90 Å². The van der Waals surface area contributed by atoms with Crippen LogP contribution in [0.15, 0.2) is 18.2 Å². The molecule has 2 heteroatoms. The summed E-state index contributed by atoms with van der Waals surface area (Å²) in [7, 11) is 0. The minimum Gasteiger partial charge on any atom is -0.339 e. The van der Waals surface area contributed by atoms with Crippen LogP contribution in [-0.2, 0) is 0 Å². The molecule has 0 saturated carbocycles. The zero-order valence-electron chi connectivity index (χ0n) is 10.1. The van der Waals surface area contributed by atoms with Crippen molar-refractivity contribution in [1.29, 1.82) is 0 Å². The predicted octanol–water partition coefficient (Wildman–Crippen LogP) is 2.93. The number of amides is 1. The van der Waals surface area contributed by atoms with Gasteiger partial charge in [-0.1, -0.05) is 12.1 Å². The van der Waals surface area contributed by atoms with E-state index in [0.717, 1.165) is 37.1 Å². The lowest BCUT2D eigenvalue weighted by molar-refractivity contribution is 0.0723. The smallest absolute Gasteiger partial charge is 0.254 e. The summed E-state index contributed by atoms with van der Waals surface area (Å²) in [6.45, 7) is 5.94. The molecular weight excluding hydrogens is 198 g/mol. The summed E-state index contributed by atoms with van der Waals surface area (Å²) in [6, 6.07) is 5.97. The number of hydrogen-bond donors (Lipinski definition) is 0. The summed E-state index contributed by atoms with van der Waals surface area (Å²) in [5, 5.41) is 0. The molecule has 1 heterocycles. The molecular formula is C14H19NO. The first-order valence-electron chi connectivity index (χ1n) is 6.05. The number of nitrogens with zero attached hydrogens (tertiary/aromatic N) is 1. The quantitative estimate of drug-likeness (QED) is 0.708. The second kappa shape index (κ2) is 4.69. The van der Waals surface area contributed by atoms with Gasteiger partial charge in [0.15, 0.2) is 0 Å². The summed E-state index contributed by atoms with van der Waals surface area (Å²) >= 11 is 0.